The van der Waals surface area contributed by atoms with Gasteiger partial charge in [0.05, 0.1) is 23.7 Å². The summed E-state index contributed by atoms with van der Waals surface area (Å²) in [5, 5.41) is 5.17. The lowest BCUT2D eigenvalue weighted by Gasteiger charge is -2.09. The standard InChI is InChI=1S/C26H26N4O2S/c1-5-32-25(31)24-18(4)28-26(33-24)30-29-17(3)21-16(2)27-23(20-14-10-7-11-15-20)22(21)19-12-8-6-9-13-19/h6-15,27H,5H2,1-4H3,(H,28,30)/b29-17+. The zero-order valence-corrected chi connectivity index (χ0v) is 19.9. The van der Waals surface area contributed by atoms with Gasteiger partial charge in [-0.15, -0.1) is 0 Å². The molecular formula is C26H26N4O2S. The number of aryl methyl sites for hydroxylation is 2. The number of aromatic amines is 1. The molecule has 0 saturated heterocycles. The fraction of sp³-hybridized carbons (Fsp3) is 0.192. The Bertz CT molecular complexity index is 1290. The van der Waals surface area contributed by atoms with Crippen LogP contribution in [0.5, 0.6) is 0 Å². The summed E-state index contributed by atoms with van der Waals surface area (Å²) in [5.41, 5.74) is 10.9. The first-order chi connectivity index (χ1) is 16.0. The van der Waals surface area contributed by atoms with Gasteiger partial charge < -0.3 is 9.72 Å². The highest BCUT2D eigenvalue weighted by Crippen LogP contribution is 2.37. The zero-order chi connectivity index (χ0) is 23.4. The quantitative estimate of drug-likeness (QED) is 0.190. The fourth-order valence-electron chi connectivity index (χ4n) is 3.81. The summed E-state index contributed by atoms with van der Waals surface area (Å²) in [7, 11) is 0. The van der Waals surface area contributed by atoms with Crippen LogP contribution in [0.1, 0.15) is 40.5 Å². The number of aromatic nitrogens is 2. The molecule has 7 heteroatoms. The van der Waals surface area contributed by atoms with E-state index in [9.17, 15) is 4.79 Å². The van der Waals surface area contributed by atoms with Crippen molar-refractivity contribution < 1.29 is 9.53 Å². The Balaban J connectivity index is 1.73. The first-order valence-electron chi connectivity index (χ1n) is 10.8. The number of nitrogens with one attached hydrogen (secondary N) is 2. The van der Waals surface area contributed by atoms with Crippen molar-refractivity contribution in [3.8, 4) is 22.4 Å². The van der Waals surface area contributed by atoms with E-state index in [1.807, 2.05) is 43.3 Å². The van der Waals surface area contributed by atoms with Crippen LogP contribution in [-0.4, -0.2) is 28.3 Å². The maximum absolute atomic E-state index is 12.1. The van der Waals surface area contributed by atoms with Gasteiger partial charge in [0.2, 0.25) is 5.13 Å². The average Bonchev–Trinajstić information content (AvgIpc) is 3.38. The van der Waals surface area contributed by atoms with Crippen molar-refractivity contribution in [2.75, 3.05) is 12.0 Å². The van der Waals surface area contributed by atoms with Crippen molar-refractivity contribution in [1.29, 1.82) is 0 Å². The first-order valence-corrected chi connectivity index (χ1v) is 11.6. The van der Waals surface area contributed by atoms with Gasteiger partial charge in [0.15, 0.2) is 0 Å². The Morgan fingerprint density at radius 1 is 1.06 bits per heavy atom. The summed E-state index contributed by atoms with van der Waals surface area (Å²) >= 11 is 1.24. The smallest absolute Gasteiger partial charge is 0.350 e. The van der Waals surface area contributed by atoms with Gasteiger partial charge in [-0.1, -0.05) is 72.0 Å². The Labute approximate surface area is 197 Å². The Morgan fingerprint density at radius 3 is 2.33 bits per heavy atom. The molecule has 0 aliphatic carbocycles. The summed E-state index contributed by atoms with van der Waals surface area (Å²) in [6.07, 6.45) is 0. The Morgan fingerprint density at radius 2 is 1.70 bits per heavy atom. The topological polar surface area (TPSA) is 79.4 Å². The SMILES string of the molecule is CCOC(=O)c1sc(N/N=C(\C)c2c(C)[nH]c(-c3ccccc3)c2-c2ccccc2)nc1C. The van der Waals surface area contributed by atoms with Crippen molar-refractivity contribution in [1.82, 2.24) is 9.97 Å². The van der Waals surface area contributed by atoms with Crippen LogP contribution in [0.25, 0.3) is 22.4 Å². The van der Waals surface area contributed by atoms with Crippen LogP contribution in [0.2, 0.25) is 0 Å². The largest absolute Gasteiger partial charge is 0.462 e. The minimum Gasteiger partial charge on any atom is -0.462 e. The van der Waals surface area contributed by atoms with Crippen molar-refractivity contribution in [2.24, 2.45) is 5.10 Å². The van der Waals surface area contributed by atoms with Crippen molar-refractivity contribution in [2.45, 2.75) is 27.7 Å². The Kier molecular flexibility index (Phi) is 6.70. The minimum absolute atomic E-state index is 0.328. The lowest BCUT2D eigenvalue weighted by molar-refractivity contribution is 0.0531. The normalized spacial score (nSPS) is 11.5. The summed E-state index contributed by atoms with van der Waals surface area (Å²) in [4.78, 5) is 20.6. The van der Waals surface area contributed by atoms with Gasteiger partial charge in [0.25, 0.3) is 0 Å². The molecule has 0 fully saturated rings. The number of rotatable bonds is 7. The van der Waals surface area contributed by atoms with E-state index in [2.05, 4.69) is 51.7 Å². The van der Waals surface area contributed by atoms with Gasteiger partial charge in [-0.2, -0.15) is 5.10 Å². The molecule has 33 heavy (non-hydrogen) atoms. The molecule has 0 aliphatic rings. The second-order valence-corrected chi connectivity index (χ2v) is 8.57. The molecule has 0 radical (unpaired) electrons. The monoisotopic (exact) mass is 458 g/mol. The molecule has 2 aromatic heterocycles. The van der Waals surface area contributed by atoms with Crippen molar-refractivity contribution in [3.05, 3.63) is 82.5 Å². The molecule has 168 valence electrons. The summed E-state index contributed by atoms with van der Waals surface area (Å²) in [6.45, 7) is 7.93. The molecule has 0 aliphatic heterocycles. The molecule has 0 atom stereocenters. The van der Waals surface area contributed by atoms with Gasteiger partial charge in [0, 0.05) is 16.8 Å². The van der Waals surface area contributed by atoms with Gasteiger partial charge >= 0.3 is 5.97 Å². The number of carbonyl (C=O) groups is 1. The van der Waals surface area contributed by atoms with Gasteiger partial charge in [0.1, 0.15) is 4.88 Å². The van der Waals surface area contributed by atoms with E-state index in [1.165, 1.54) is 11.3 Å². The summed E-state index contributed by atoms with van der Waals surface area (Å²) < 4.78 is 5.11. The molecule has 2 aromatic carbocycles. The number of nitrogens with zero attached hydrogens (tertiary/aromatic N) is 2. The molecule has 2 N–H and O–H groups in total. The number of H-pyrrole nitrogens is 1. The van der Waals surface area contributed by atoms with Crippen molar-refractivity contribution in [3.63, 3.8) is 0 Å². The van der Waals surface area contributed by atoms with E-state index in [1.54, 1.807) is 13.8 Å². The van der Waals surface area contributed by atoms with E-state index in [0.717, 1.165) is 39.4 Å². The number of carbonyl (C=O) groups excluding carboxylic acids is 1. The second-order valence-electron chi connectivity index (χ2n) is 7.57. The molecule has 0 spiro atoms. The molecule has 4 aromatic rings. The third-order valence-electron chi connectivity index (χ3n) is 5.25. The highest BCUT2D eigenvalue weighted by atomic mass is 32.1. The highest BCUT2D eigenvalue weighted by Gasteiger charge is 2.21. The number of hydrogen-bond donors (Lipinski definition) is 2. The number of hydrazone groups is 1. The van der Waals surface area contributed by atoms with Gasteiger partial charge in [-0.05, 0) is 38.8 Å². The molecule has 0 amide bonds. The third-order valence-corrected chi connectivity index (χ3v) is 6.29. The number of thiazole rings is 1. The van der Waals surface area contributed by atoms with Crippen LogP contribution in [0.15, 0.2) is 65.8 Å². The molecular weight excluding hydrogens is 432 g/mol. The first kappa shape index (κ1) is 22.5. The van der Waals surface area contributed by atoms with E-state index in [-0.39, 0.29) is 5.97 Å². The molecule has 2 heterocycles. The lowest BCUT2D eigenvalue weighted by atomic mass is 9.95. The van der Waals surface area contributed by atoms with Crippen LogP contribution in [0, 0.1) is 13.8 Å². The van der Waals surface area contributed by atoms with E-state index in [4.69, 9.17) is 4.74 Å². The predicted molar refractivity (Wildman–Crippen MR) is 135 cm³/mol. The second kappa shape index (κ2) is 9.83. The van der Waals surface area contributed by atoms with Crippen LogP contribution in [-0.2, 0) is 4.74 Å². The Hall–Kier alpha value is -3.71. The maximum atomic E-state index is 12.1. The zero-order valence-electron chi connectivity index (χ0n) is 19.1. The molecule has 4 rings (SSSR count). The van der Waals surface area contributed by atoms with Gasteiger partial charge in [-0.3, -0.25) is 5.43 Å². The number of ether oxygens (including phenoxy) is 1. The predicted octanol–water partition coefficient (Wildman–Crippen LogP) is 6.43. The van der Waals surface area contributed by atoms with E-state index in [0.29, 0.717) is 22.3 Å². The number of esters is 1. The van der Waals surface area contributed by atoms with Crippen LogP contribution < -0.4 is 5.43 Å². The minimum atomic E-state index is -0.360. The average molecular weight is 459 g/mol. The fourth-order valence-corrected chi connectivity index (χ4v) is 4.61. The third kappa shape index (κ3) is 4.73. The van der Waals surface area contributed by atoms with Crippen LogP contribution in [0.3, 0.4) is 0 Å². The number of anilines is 1. The van der Waals surface area contributed by atoms with Crippen LogP contribution in [0.4, 0.5) is 5.13 Å². The molecule has 6 nitrogen and oxygen atoms in total. The van der Waals surface area contributed by atoms with Crippen LogP contribution >= 0.6 is 11.3 Å². The maximum Gasteiger partial charge on any atom is 0.350 e. The summed E-state index contributed by atoms with van der Waals surface area (Å²) in [6, 6.07) is 20.6. The molecule has 0 unspecified atom stereocenters. The lowest BCUT2D eigenvalue weighted by Crippen LogP contribution is -2.03. The summed E-state index contributed by atoms with van der Waals surface area (Å²) in [5.74, 6) is -0.360. The van der Waals surface area contributed by atoms with Crippen molar-refractivity contribution >= 4 is 28.1 Å². The highest BCUT2D eigenvalue weighted by molar-refractivity contribution is 7.17. The van der Waals surface area contributed by atoms with Gasteiger partial charge in [-0.25, -0.2) is 9.78 Å². The van der Waals surface area contributed by atoms with E-state index >= 15 is 0 Å². The number of benzene rings is 2. The molecule has 0 saturated carbocycles. The molecule has 0 bridgehead atoms. The number of hydrogen-bond acceptors (Lipinski definition) is 6. The van der Waals surface area contributed by atoms with E-state index < -0.39 is 0 Å².